The van der Waals surface area contributed by atoms with E-state index in [1.54, 1.807) is 0 Å². The maximum atomic E-state index is 12.1. The predicted molar refractivity (Wildman–Crippen MR) is 68.9 cm³/mol. The van der Waals surface area contributed by atoms with E-state index in [4.69, 9.17) is 5.73 Å². The maximum Gasteiger partial charge on any atom is 0.251 e. The summed E-state index contributed by atoms with van der Waals surface area (Å²) in [7, 11) is 0. The molecule has 1 aliphatic rings. The van der Waals surface area contributed by atoms with Gasteiger partial charge in [0.05, 0.1) is 0 Å². The Bertz CT molecular complexity index is 397. The van der Waals surface area contributed by atoms with E-state index in [1.807, 2.05) is 24.3 Å². The second-order valence-electron chi connectivity index (χ2n) is 4.94. The molecule has 0 spiro atoms. The summed E-state index contributed by atoms with van der Waals surface area (Å²) in [6.45, 7) is 2.79. The van der Waals surface area contributed by atoms with Crippen LogP contribution in [-0.4, -0.2) is 18.5 Å². The van der Waals surface area contributed by atoms with Gasteiger partial charge in [-0.25, -0.2) is 0 Å². The Balaban J connectivity index is 2.02. The summed E-state index contributed by atoms with van der Waals surface area (Å²) < 4.78 is 0. The number of carbonyl (C=O) groups excluding carboxylic acids is 1. The molecule has 0 saturated heterocycles. The predicted octanol–water partition coefficient (Wildman–Crippen LogP) is 1.72. The third-order valence-electron chi connectivity index (χ3n) is 3.38. The van der Waals surface area contributed by atoms with E-state index < -0.39 is 0 Å². The summed E-state index contributed by atoms with van der Waals surface area (Å²) in [5, 5.41) is 3.08. The highest BCUT2D eigenvalue weighted by atomic mass is 16.1. The van der Waals surface area contributed by atoms with Crippen LogP contribution in [0.25, 0.3) is 0 Å². The first-order valence-corrected chi connectivity index (χ1v) is 6.29. The second-order valence-corrected chi connectivity index (χ2v) is 4.94. The lowest BCUT2D eigenvalue weighted by atomic mass is 9.82. The van der Waals surface area contributed by atoms with Gasteiger partial charge < -0.3 is 11.1 Å². The summed E-state index contributed by atoms with van der Waals surface area (Å²) in [4.78, 5) is 12.1. The average molecular weight is 232 g/mol. The standard InChI is InChI=1S/C14H20N2O/c1-10-8-12(9-10)16-14(17)13-5-3-2-4-11(13)6-7-15/h2-5,10,12H,6-9,15H2,1H3,(H,16,17). The molecule has 92 valence electrons. The van der Waals surface area contributed by atoms with Gasteiger partial charge in [-0.1, -0.05) is 25.1 Å². The normalized spacial score (nSPS) is 22.9. The largest absolute Gasteiger partial charge is 0.349 e. The molecule has 1 fully saturated rings. The molecule has 3 nitrogen and oxygen atoms in total. The molecule has 1 amide bonds. The molecule has 1 aliphatic carbocycles. The van der Waals surface area contributed by atoms with E-state index in [0.29, 0.717) is 12.6 Å². The van der Waals surface area contributed by atoms with E-state index in [0.717, 1.165) is 36.3 Å². The number of benzene rings is 1. The summed E-state index contributed by atoms with van der Waals surface area (Å²) in [6, 6.07) is 8.07. The van der Waals surface area contributed by atoms with Crippen molar-refractivity contribution in [3.05, 3.63) is 35.4 Å². The monoisotopic (exact) mass is 232 g/mol. The fourth-order valence-corrected chi connectivity index (χ4v) is 2.40. The molecule has 3 N–H and O–H groups in total. The minimum absolute atomic E-state index is 0.0472. The Hall–Kier alpha value is -1.35. The zero-order valence-corrected chi connectivity index (χ0v) is 10.3. The lowest BCUT2D eigenvalue weighted by Crippen LogP contribution is -2.43. The van der Waals surface area contributed by atoms with E-state index in [-0.39, 0.29) is 5.91 Å². The van der Waals surface area contributed by atoms with Gasteiger partial charge in [-0.15, -0.1) is 0 Å². The molecule has 0 heterocycles. The Labute approximate surface area is 102 Å². The summed E-state index contributed by atoms with van der Waals surface area (Å²) in [5.41, 5.74) is 7.37. The molecule has 2 rings (SSSR count). The SMILES string of the molecule is CC1CC(NC(=O)c2ccccc2CCN)C1. The van der Waals surface area contributed by atoms with E-state index >= 15 is 0 Å². The Morgan fingerprint density at radius 2 is 2.12 bits per heavy atom. The highest BCUT2D eigenvalue weighted by Crippen LogP contribution is 2.26. The van der Waals surface area contributed by atoms with Crippen LogP contribution in [0.3, 0.4) is 0 Å². The molecule has 0 radical (unpaired) electrons. The minimum atomic E-state index is 0.0472. The zero-order valence-electron chi connectivity index (χ0n) is 10.3. The fourth-order valence-electron chi connectivity index (χ4n) is 2.40. The summed E-state index contributed by atoms with van der Waals surface area (Å²) in [5.74, 6) is 0.797. The molecule has 1 aromatic rings. The van der Waals surface area contributed by atoms with Gasteiger partial charge in [-0.05, 0) is 43.4 Å². The van der Waals surface area contributed by atoms with Crippen molar-refractivity contribution < 1.29 is 4.79 Å². The number of amides is 1. The van der Waals surface area contributed by atoms with Gasteiger partial charge in [0.2, 0.25) is 0 Å². The molecule has 0 aliphatic heterocycles. The molecule has 17 heavy (non-hydrogen) atoms. The van der Waals surface area contributed by atoms with Crippen molar-refractivity contribution in [2.75, 3.05) is 6.54 Å². The van der Waals surface area contributed by atoms with Crippen LogP contribution in [0, 0.1) is 5.92 Å². The molecule has 0 unspecified atom stereocenters. The van der Waals surface area contributed by atoms with Gasteiger partial charge >= 0.3 is 0 Å². The lowest BCUT2D eigenvalue weighted by Gasteiger charge is -2.33. The van der Waals surface area contributed by atoms with Crippen molar-refractivity contribution in [3.63, 3.8) is 0 Å². The van der Waals surface area contributed by atoms with E-state index in [2.05, 4.69) is 12.2 Å². The minimum Gasteiger partial charge on any atom is -0.349 e. The van der Waals surface area contributed by atoms with Crippen molar-refractivity contribution in [1.29, 1.82) is 0 Å². The van der Waals surface area contributed by atoms with Crippen LogP contribution in [0.5, 0.6) is 0 Å². The van der Waals surface area contributed by atoms with Crippen molar-refractivity contribution in [2.24, 2.45) is 11.7 Å². The first-order valence-electron chi connectivity index (χ1n) is 6.29. The lowest BCUT2D eigenvalue weighted by molar-refractivity contribution is 0.0895. The van der Waals surface area contributed by atoms with Crippen LogP contribution in [0.4, 0.5) is 0 Å². The fraction of sp³-hybridized carbons (Fsp3) is 0.500. The third kappa shape index (κ3) is 2.86. The summed E-state index contributed by atoms with van der Waals surface area (Å²) >= 11 is 0. The molecule has 1 aromatic carbocycles. The topological polar surface area (TPSA) is 55.1 Å². The van der Waals surface area contributed by atoms with Gasteiger partial charge in [0.15, 0.2) is 0 Å². The van der Waals surface area contributed by atoms with Gasteiger partial charge in [-0.3, -0.25) is 4.79 Å². The Morgan fingerprint density at radius 1 is 1.41 bits per heavy atom. The average Bonchev–Trinajstić information content (AvgIpc) is 2.28. The number of rotatable bonds is 4. The highest BCUT2D eigenvalue weighted by molar-refractivity contribution is 5.95. The smallest absolute Gasteiger partial charge is 0.251 e. The number of hydrogen-bond donors (Lipinski definition) is 2. The first kappa shape index (κ1) is 12.1. The van der Waals surface area contributed by atoms with Gasteiger partial charge in [0.25, 0.3) is 5.91 Å². The van der Waals surface area contributed by atoms with Crippen LogP contribution in [0.1, 0.15) is 35.7 Å². The van der Waals surface area contributed by atoms with Crippen LogP contribution >= 0.6 is 0 Å². The van der Waals surface area contributed by atoms with Crippen LogP contribution in [-0.2, 0) is 6.42 Å². The molecule has 1 saturated carbocycles. The quantitative estimate of drug-likeness (QED) is 0.830. The number of carbonyl (C=O) groups is 1. The first-order chi connectivity index (χ1) is 8.20. The van der Waals surface area contributed by atoms with Gasteiger partial charge in [0, 0.05) is 11.6 Å². The summed E-state index contributed by atoms with van der Waals surface area (Å²) in [6.07, 6.45) is 2.96. The van der Waals surface area contributed by atoms with Crippen molar-refractivity contribution in [2.45, 2.75) is 32.2 Å². The molecule has 3 heteroatoms. The molecule has 0 bridgehead atoms. The Morgan fingerprint density at radius 3 is 2.76 bits per heavy atom. The molecular weight excluding hydrogens is 212 g/mol. The van der Waals surface area contributed by atoms with E-state index in [9.17, 15) is 4.79 Å². The van der Waals surface area contributed by atoms with Crippen LogP contribution in [0.15, 0.2) is 24.3 Å². The molecular formula is C14H20N2O. The number of nitrogens with one attached hydrogen (secondary N) is 1. The van der Waals surface area contributed by atoms with Gasteiger partial charge in [0.1, 0.15) is 0 Å². The highest BCUT2D eigenvalue weighted by Gasteiger charge is 2.27. The number of hydrogen-bond acceptors (Lipinski definition) is 2. The van der Waals surface area contributed by atoms with Crippen LogP contribution in [0.2, 0.25) is 0 Å². The van der Waals surface area contributed by atoms with Crippen LogP contribution < -0.4 is 11.1 Å². The third-order valence-corrected chi connectivity index (χ3v) is 3.38. The molecule has 0 atom stereocenters. The molecule has 0 aromatic heterocycles. The van der Waals surface area contributed by atoms with Crippen molar-refractivity contribution in [1.82, 2.24) is 5.32 Å². The van der Waals surface area contributed by atoms with Crippen molar-refractivity contribution in [3.8, 4) is 0 Å². The van der Waals surface area contributed by atoms with Gasteiger partial charge in [-0.2, -0.15) is 0 Å². The number of nitrogens with two attached hydrogens (primary N) is 1. The Kier molecular flexibility index (Phi) is 3.79. The second kappa shape index (κ2) is 5.32. The van der Waals surface area contributed by atoms with Crippen molar-refractivity contribution >= 4 is 5.91 Å². The zero-order chi connectivity index (χ0) is 12.3. The van der Waals surface area contributed by atoms with E-state index in [1.165, 1.54) is 0 Å². The maximum absolute atomic E-state index is 12.1.